The number of non-ortho nitro benzene ring substituents is 1. The first-order chi connectivity index (χ1) is 9.06. The van der Waals surface area contributed by atoms with E-state index in [0.717, 1.165) is 5.56 Å². The van der Waals surface area contributed by atoms with Crippen molar-refractivity contribution in [3.05, 3.63) is 58.2 Å². The zero-order valence-corrected chi connectivity index (χ0v) is 11.1. The first kappa shape index (κ1) is 15.6. The van der Waals surface area contributed by atoms with Crippen LogP contribution in [0.15, 0.2) is 36.8 Å². The average Bonchev–Trinajstić information content (AvgIpc) is 2.76. The van der Waals surface area contributed by atoms with Crippen LogP contribution in [-0.4, -0.2) is 25.6 Å². The highest BCUT2D eigenvalue weighted by Crippen LogP contribution is 2.13. The Hall–Kier alpha value is -2.41. The van der Waals surface area contributed by atoms with E-state index in [9.17, 15) is 14.9 Å². The number of benzene rings is 1. The molecular formula is C12H12ClN3O4. The van der Waals surface area contributed by atoms with Crippen molar-refractivity contribution in [3.8, 4) is 0 Å². The van der Waals surface area contributed by atoms with E-state index in [0.29, 0.717) is 12.2 Å². The number of halogens is 1. The highest BCUT2D eigenvalue weighted by atomic mass is 35.5. The average molecular weight is 298 g/mol. The van der Waals surface area contributed by atoms with Gasteiger partial charge in [-0.2, -0.15) is 0 Å². The van der Waals surface area contributed by atoms with E-state index in [1.807, 2.05) is 0 Å². The van der Waals surface area contributed by atoms with Crippen LogP contribution in [0.3, 0.4) is 0 Å². The predicted molar refractivity (Wildman–Crippen MR) is 73.0 cm³/mol. The molecule has 1 aromatic heterocycles. The highest BCUT2D eigenvalue weighted by Gasteiger charge is 2.08. The molecule has 106 valence electrons. The van der Waals surface area contributed by atoms with E-state index in [4.69, 9.17) is 5.11 Å². The molecule has 0 atom stereocenters. The van der Waals surface area contributed by atoms with Gasteiger partial charge in [0, 0.05) is 30.6 Å². The minimum Gasteiger partial charge on any atom is -0.481 e. The van der Waals surface area contributed by atoms with Gasteiger partial charge in [0.05, 0.1) is 17.7 Å². The van der Waals surface area contributed by atoms with Crippen molar-refractivity contribution in [2.24, 2.45) is 0 Å². The maximum absolute atomic E-state index is 10.7. The van der Waals surface area contributed by atoms with E-state index in [2.05, 4.69) is 4.98 Å². The number of carboxylic acids is 1. The molecule has 0 aliphatic rings. The Bertz CT molecular complexity index is 609. The molecule has 1 aromatic carbocycles. The number of aromatic nitrogens is 2. The summed E-state index contributed by atoms with van der Waals surface area (Å²) in [5, 5.41) is 19.3. The Morgan fingerprint density at radius 2 is 2.00 bits per heavy atom. The van der Waals surface area contributed by atoms with E-state index in [-0.39, 0.29) is 24.5 Å². The van der Waals surface area contributed by atoms with Gasteiger partial charge in [0.2, 0.25) is 0 Å². The van der Waals surface area contributed by atoms with Crippen LogP contribution in [0.1, 0.15) is 11.3 Å². The maximum atomic E-state index is 10.7. The van der Waals surface area contributed by atoms with Gasteiger partial charge in [-0.3, -0.25) is 14.9 Å². The molecular weight excluding hydrogens is 286 g/mol. The Labute approximate surface area is 120 Å². The summed E-state index contributed by atoms with van der Waals surface area (Å²) in [6.07, 6.45) is 2.94. The fourth-order valence-electron chi connectivity index (χ4n) is 1.71. The summed E-state index contributed by atoms with van der Waals surface area (Å²) in [5.41, 5.74) is 1.46. The van der Waals surface area contributed by atoms with Crippen LogP contribution in [0.4, 0.5) is 5.69 Å². The molecule has 20 heavy (non-hydrogen) atoms. The molecule has 1 heterocycles. The molecule has 1 N–H and O–H groups in total. The van der Waals surface area contributed by atoms with Gasteiger partial charge in [-0.1, -0.05) is 12.1 Å². The van der Waals surface area contributed by atoms with E-state index in [1.54, 1.807) is 23.0 Å². The second kappa shape index (κ2) is 6.67. The second-order valence-electron chi connectivity index (χ2n) is 4.01. The van der Waals surface area contributed by atoms with Gasteiger partial charge < -0.3 is 9.67 Å². The van der Waals surface area contributed by atoms with Gasteiger partial charge in [0.1, 0.15) is 0 Å². The molecule has 0 aliphatic carbocycles. The number of hydrogen-bond acceptors (Lipinski definition) is 4. The zero-order valence-electron chi connectivity index (χ0n) is 10.3. The Balaban J connectivity index is 0.00000200. The molecule has 0 spiro atoms. The number of nitrogens with zero attached hydrogens (tertiary/aromatic N) is 3. The third-order valence-corrected chi connectivity index (χ3v) is 2.63. The van der Waals surface area contributed by atoms with Crippen LogP contribution < -0.4 is 0 Å². The van der Waals surface area contributed by atoms with Crippen molar-refractivity contribution in [2.75, 3.05) is 0 Å². The van der Waals surface area contributed by atoms with Crippen LogP contribution >= 0.6 is 12.4 Å². The molecule has 2 aromatic rings. The topological polar surface area (TPSA) is 98.3 Å². The summed E-state index contributed by atoms with van der Waals surface area (Å²) in [6.45, 7) is 0.431. The maximum Gasteiger partial charge on any atom is 0.309 e. The number of imidazole rings is 1. The summed E-state index contributed by atoms with van der Waals surface area (Å²) < 4.78 is 1.70. The molecule has 0 fully saturated rings. The van der Waals surface area contributed by atoms with E-state index < -0.39 is 10.9 Å². The van der Waals surface area contributed by atoms with Crippen LogP contribution in [0.5, 0.6) is 0 Å². The fourth-order valence-corrected chi connectivity index (χ4v) is 1.71. The Morgan fingerprint density at radius 3 is 2.55 bits per heavy atom. The molecule has 0 unspecified atom stereocenters. The normalized spacial score (nSPS) is 9.80. The van der Waals surface area contributed by atoms with Crippen molar-refractivity contribution in [2.45, 2.75) is 13.0 Å². The SMILES string of the molecule is Cl.O=C(O)Cc1cncn1Cc1ccc([N+](=O)[O-])cc1. The third kappa shape index (κ3) is 3.79. The van der Waals surface area contributed by atoms with Crippen molar-refractivity contribution in [1.29, 1.82) is 0 Å². The molecule has 0 bridgehead atoms. The minimum absolute atomic E-state index is 0. The fraction of sp³-hybridized carbons (Fsp3) is 0.167. The number of nitro benzene ring substituents is 1. The number of nitro groups is 1. The molecule has 0 amide bonds. The van der Waals surface area contributed by atoms with E-state index >= 15 is 0 Å². The van der Waals surface area contributed by atoms with Crippen LogP contribution in [0.2, 0.25) is 0 Å². The van der Waals surface area contributed by atoms with Crippen LogP contribution in [0.25, 0.3) is 0 Å². The molecule has 0 saturated carbocycles. The van der Waals surface area contributed by atoms with Crippen LogP contribution in [-0.2, 0) is 17.8 Å². The Kier molecular flexibility index (Phi) is 5.22. The van der Waals surface area contributed by atoms with Crippen molar-refractivity contribution >= 4 is 24.1 Å². The van der Waals surface area contributed by atoms with Crippen molar-refractivity contribution in [3.63, 3.8) is 0 Å². The lowest BCUT2D eigenvalue weighted by molar-refractivity contribution is -0.384. The highest BCUT2D eigenvalue weighted by molar-refractivity contribution is 5.85. The van der Waals surface area contributed by atoms with Gasteiger partial charge in [-0.15, -0.1) is 12.4 Å². The quantitative estimate of drug-likeness (QED) is 0.671. The first-order valence-corrected chi connectivity index (χ1v) is 5.50. The molecule has 8 heteroatoms. The monoisotopic (exact) mass is 297 g/mol. The lowest BCUT2D eigenvalue weighted by Gasteiger charge is -2.06. The van der Waals surface area contributed by atoms with E-state index in [1.165, 1.54) is 18.3 Å². The second-order valence-corrected chi connectivity index (χ2v) is 4.01. The Morgan fingerprint density at radius 1 is 1.35 bits per heavy atom. The smallest absolute Gasteiger partial charge is 0.309 e. The first-order valence-electron chi connectivity index (χ1n) is 5.50. The van der Waals surface area contributed by atoms with Gasteiger partial charge in [0.15, 0.2) is 0 Å². The van der Waals surface area contributed by atoms with Crippen molar-refractivity contribution < 1.29 is 14.8 Å². The number of carbonyl (C=O) groups is 1. The minimum atomic E-state index is -0.926. The summed E-state index contributed by atoms with van der Waals surface area (Å²) in [5.74, 6) is -0.926. The summed E-state index contributed by atoms with van der Waals surface area (Å²) in [6, 6.07) is 6.12. The van der Waals surface area contributed by atoms with Gasteiger partial charge >= 0.3 is 5.97 Å². The summed E-state index contributed by atoms with van der Waals surface area (Å²) >= 11 is 0. The van der Waals surface area contributed by atoms with Gasteiger partial charge in [0.25, 0.3) is 5.69 Å². The van der Waals surface area contributed by atoms with Crippen LogP contribution in [0, 0.1) is 10.1 Å². The van der Waals surface area contributed by atoms with Gasteiger partial charge in [-0.05, 0) is 5.56 Å². The molecule has 0 saturated heterocycles. The standard InChI is InChI=1S/C12H11N3O4.ClH/c16-12(17)5-11-6-13-8-14(11)7-9-1-3-10(4-2-9)15(18)19;/h1-4,6,8H,5,7H2,(H,16,17);1H. The molecule has 2 rings (SSSR count). The van der Waals surface area contributed by atoms with Crippen molar-refractivity contribution in [1.82, 2.24) is 9.55 Å². The lowest BCUT2D eigenvalue weighted by Crippen LogP contribution is -2.08. The molecule has 0 aliphatic heterocycles. The molecule has 0 radical (unpaired) electrons. The number of rotatable bonds is 5. The predicted octanol–water partition coefficient (Wildman–Crippen LogP) is 1.89. The summed E-state index contributed by atoms with van der Waals surface area (Å²) in [4.78, 5) is 24.7. The number of aliphatic carboxylic acids is 1. The summed E-state index contributed by atoms with van der Waals surface area (Å²) in [7, 11) is 0. The third-order valence-electron chi connectivity index (χ3n) is 2.63. The largest absolute Gasteiger partial charge is 0.481 e. The lowest BCUT2D eigenvalue weighted by atomic mass is 10.2. The number of hydrogen-bond donors (Lipinski definition) is 1. The van der Waals surface area contributed by atoms with Gasteiger partial charge in [-0.25, -0.2) is 4.98 Å². The molecule has 7 nitrogen and oxygen atoms in total. The number of carboxylic acid groups (broad SMARTS) is 1. The zero-order chi connectivity index (χ0) is 13.8.